The highest BCUT2D eigenvalue weighted by molar-refractivity contribution is 5.99. The van der Waals surface area contributed by atoms with E-state index in [9.17, 15) is 9.59 Å². The van der Waals surface area contributed by atoms with Gasteiger partial charge in [-0.1, -0.05) is 0 Å². The molecule has 0 spiro atoms. The first-order valence-electron chi connectivity index (χ1n) is 5.27. The molecular formula is C11H15NO6. The third-order valence-electron chi connectivity index (χ3n) is 1.96. The van der Waals surface area contributed by atoms with Crippen molar-refractivity contribution in [2.24, 2.45) is 0 Å². The van der Waals surface area contributed by atoms with Crippen LogP contribution in [0.15, 0.2) is 4.42 Å². The largest absolute Gasteiger partial charge is 0.464 e. The van der Waals surface area contributed by atoms with E-state index in [0.717, 1.165) is 0 Å². The predicted octanol–water partition coefficient (Wildman–Crippen LogP) is 1.17. The van der Waals surface area contributed by atoms with E-state index >= 15 is 0 Å². The van der Waals surface area contributed by atoms with Crippen molar-refractivity contribution < 1.29 is 28.2 Å². The SMILES string of the molecule is COC(=O)c1nc(COC(C)C)oc1C(=O)OC. The Hall–Kier alpha value is -1.89. The summed E-state index contributed by atoms with van der Waals surface area (Å²) < 4.78 is 19.4. The fourth-order valence-corrected chi connectivity index (χ4v) is 1.13. The molecule has 0 amide bonds. The van der Waals surface area contributed by atoms with E-state index < -0.39 is 11.9 Å². The van der Waals surface area contributed by atoms with Crippen molar-refractivity contribution in [2.45, 2.75) is 26.6 Å². The maximum absolute atomic E-state index is 11.4. The van der Waals surface area contributed by atoms with Gasteiger partial charge >= 0.3 is 11.9 Å². The van der Waals surface area contributed by atoms with Crippen LogP contribution in [0.1, 0.15) is 40.8 Å². The van der Waals surface area contributed by atoms with E-state index in [2.05, 4.69) is 14.5 Å². The Kier molecular flexibility index (Phi) is 4.85. The molecule has 0 aliphatic carbocycles. The highest BCUT2D eigenvalue weighted by Gasteiger charge is 2.26. The minimum atomic E-state index is -0.793. The summed E-state index contributed by atoms with van der Waals surface area (Å²) in [4.78, 5) is 26.7. The first-order chi connectivity index (χ1) is 8.49. The number of carbonyl (C=O) groups excluding carboxylic acids is 2. The molecular weight excluding hydrogens is 242 g/mol. The summed E-state index contributed by atoms with van der Waals surface area (Å²) in [5, 5.41) is 0. The number of hydrogen-bond acceptors (Lipinski definition) is 7. The van der Waals surface area contributed by atoms with Crippen LogP contribution in [0, 0.1) is 0 Å². The maximum atomic E-state index is 11.4. The lowest BCUT2D eigenvalue weighted by atomic mass is 10.3. The van der Waals surface area contributed by atoms with Gasteiger partial charge in [0.05, 0.1) is 20.3 Å². The second-order valence-corrected chi connectivity index (χ2v) is 3.63. The Morgan fingerprint density at radius 2 is 1.83 bits per heavy atom. The number of carbonyl (C=O) groups is 2. The third kappa shape index (κ3) is 3.30. The fraction of sp³-hybridized carbons (Fsp3) is 0.545. The summed E-state index contributed by atoms with van der Waals surface area (Å²) in [6, 6.07) is 0. The van der Waals surface area contributed by atoms with Gasteiger partial charge in [-0.25, -0.2) is 14.6 Å². The van der Waals surface area contributed by atoms with Crippen LogP contribution in [0.5, 0.6) is 0 Å². The molecule has 18 heavy (non-hydrogen) atoms. The number of rotatable bonds is 5. The summed E-state index contributed by atoms with van der Waals surface area (Å²) in [6.45, 7) is 3.73. The van der Waals surface area contributed by atoms with Crippen molar-refractivity contribution in [3.05, 3.63) is 17.3 Å². The van der Waals surface area contributed by atoms with Crippen molar-refractivity contribution in [1.29, 1.82) is 0 Å². The van der Waals surface area contributed by atoms with Crippen LogP contribution in [0.4, 0.5) is 0 Å². The molecule has 0 atom stereocenters. The van der Waals surface area contributed by atoms with Crippen molar-refractivity contribution in [3.8, 4) is 0 Å². The number of oxazole rings is 1. The number of nitrogens with zero attached hydrogens (tertiary/aromatic N) is 1. The van der Waals surface area contributed by atoms with Crippen LogP contribution >= 0.6 is 0 Å². The quantitative estimate of drug-likeness (QED) is 0.731. The predicted molar refractivity (Wildman–Crippen MR) is 59.1 cm³/mol. The number of aromatic nitrogens is 1. The molecule has 1 aromatic heterocycles. The molecule has 0 unspecified atom stereocenters. The zero-order valence-corrected chi connectivity index (χ0v) is 10.7. The summed E-state index contributed by atoms with van der Waals surface area (Å²) in [5.41, 5.74) is -0.216. The number of esters is 2. The topological polar surface area (TPSA) is 87.9 Å². The molecule has 0 aromatic carbocycles. The first kappa shape index (κ1) is 14.2. The standard InChI is InChI=1S/C11H15NO6/c1-6(2)17-5-7-12-8(10(13)15-3)9(18-7)11(14)16-4/h6H,5H2,1-4H3. The zero-order chi connectivity index (χ0) is 13.7. The van der Waals surface area contributed by atoms with Gasteiger partial charge in [0.15, 0.2) is 0 Å². The van der Waals surface area contributed by atoms with Gasteiger partial charge < -0.3 is 18.6 Å². The Bertz CT molecular complexity index is 403. The first-order valence-corrected chi connectivity index (χ1v) is 5.27. The fourth-order valence-electron chi connectivity index (χ4n) is 1.13. The molecule has 1 heterocycles. The van der Waals surface area contributed by atoms with Crippen molar-refractivity contribution in [1.82, 2.24) is 4.98 Å². The number of ether oxygens (including phenoxy) is 3. The van der Waals surface area contributed by atoms with E-state index in [1.165, 1.54) is 14.2 Å². The molecule has 0 aliphatic heterocycles. The summed E-state index contributed by atoms with van der Waals surface area (Å²) in [6.07, 6.45) is -0.0277. The van der Waals surface area contributed by atoms with Gasteiger partial charge in [-0.2, -0.15) is 0 Å². The van der Waals surface area contributed by atoms with Gasteiger partial charge in [0, 0.05) is 0 Å². The average Bonchev–Trinajstić information content (AvgIpc) is 2.78. The lowest BCUT2D eigenvalue weighted by Gasteiger charge is -2.03. The minimum absolute atomic E-state index is 0.0277. The number of methoxy groups -OCH3 is 2. The van der Waals surface area contributed by atoms with Gasteiger partial charge in [0.25, 0.3) is 0 Å². The molecule has 7 heteroatoms. The zero-order valence-electron chi connectivity index (χ0n) is 10.7. The Balaban J connectivity index is 2.99. The number of hydrogen-bond donors (Lipinski definition) is 0. The Morgan fingerprint density at radius 3 is 2.33 bits per heavy atom. The van der Waals surface area contributed by atoms with E-state index in [1.54, 1.807) is 0 Å². The molecule has 0 saturated heterocycles. The molecule has 7 nitrogen and oxygen atoms in total. The molecule has 0 aliphatic rings. The van der Waals surface area contributed by atoms with Crippen LogP contribution in [0.25, 0.3) is 0 Å². The summed E-state index contributed by atoms with van der Waals surface area (Å²) in [7, 11) is 2.36. The van der Waals surface area contributed by atoms with E-state index in [1.807, 2.05) is 13.8 Å². The van der Waals surface area contributed by atoms with Gasteiger partial charge in [-0.3, -0.25) is 0 Å². The van der Waals surface area contributed by atoms with E-state index in [-0.39, 0.29) is 30.1 Å². The van der Waals surface area contributed by atoms with E-state index in [4.69, 9.17) is 9.15 Å². The molecule has 1 rings (SSSR count). The minimum Gasteiger partial charge on any atom is -0.464 e. The third-order valence-corrected chi connectivity index (χ3v) is 1.96. The highest BCUT2D eigenvalue weighted by atomic mass is 16.5. The average molecular weight is 257 g/mol. The van der Waals surface area contributed by atoms with Gasteiger partial charge in [-0.05, 0) is 13.8 Å². The Labute approximate surface area is 104 Å². The normalized spacial score (nSPS) is 10.5. The molecule has 1 aromatic rings. The maximum Gasteiger partial charge on any atom is 0.376 e. The molecule has 0 saturated carbocycles. The monoisotopic (exact) mass is 257 g/mol. The van der Waals surface area contributed by atoms with Gasteiger partial charge in [-0.15, -0.1) is 0 Å². The molecule has 0 fully saturated rings. The smallest absolute Gasteiger partial charge is 0.376 e. The van der Waals surface area contributed by atoms with Crippen molar-refractivity contribution >= 4 is 11.9 Å². The van der Waals surface area contributed by atoms with E-state index in [0.29, 0.717) is 0 Å². The van der Waals surface area contributed by atoms with Crippen LogP contribution in [0.3, 0.4) is 0 Å². The summed E-state index contributed by atoms with van der Waals surface area (Å²) in [5.74, 6) is -1.73. The molecule has 100 valence electrons. The van der Waals surface area contributed by atoms with Crippen LogP contribution in [0.2, 0.25) is 0 Å². The lowest BCUT2D eigenvalue weighted by molar-refractivity contribution is 0.0462. The Morgan fingerprint density at radius 1 is 1.22 bits per heavy atom. The van der Waals surface area contributed by atoms with Crippen molar-refractivity contribution in [3.63, 3.8) is 0 Å². The highest BCUT2D eigenvalue weighted by Crippen LogP contribution is 2.15. The van der Waals surface area contributed by atoms with Crippen LogP contribution < -0.4 is 0 Å². The summed E-state index contributed by atoms with van der Waals surface area (Å²) >= 11 is 0. The molecule has 0 radical (unpaired) electrons. The van der Waals surface area contributed by atoms with Crippen LogP contribution in [-0.4, -0.2) is 37.2 Å². The van der Waals surface area contributed by atoms with Crippen molar-refractivity contribution in [2.75, 3.05) is 14.2 Å². The van der Waals surface area contributed by atoms with Gasteiger partial charge in [0.1, 0.15) is 6.61 Å². The van der Waals surface area contributed by atoms with Crippen LogP contribution in [-0.2, 0) is 20.8 Å². The molecule has 0 bridgehead atoms. The second-order valence-electron chi connectivity index (χ2n) is 3.63. The van der Waals surface area contributed by atoms with Gasteiger partial charge in [0.2, 0.25) is 17.3 Å². The molecule has 0 N–H and O–H groups in total. The lowest BCUT2D eigenvalue weighted by Crippen LogP contribution is -2.10. The second kappa shape index (κ2) is 6.15.